The Balaban J connectivity index is 1.34. The summed E-state index contributed by atoms with van der Waals surface area (Å²) in [4.78, 5) is 23.6. The van der Waals surface area contributed by atoms with E-state index < -0.39 is 23.8 Å². The third-order valence-electron chi connectivity index (χ3n) is 6.43. The second-order valence-corrected chi connectivity index (χ2v) is 9.03. The van der Waals surface area contributed by atoms with Crippen LogP contribution in [0.4, 0.5) is 30.6 Å². The predicted octanol–water partition coefficient (Wildman–Crippen LogP) is 4.21. The van der Waals surface area contributed by atoms with Crippen LogP contribution in [0.25, 0.3) is 11.6 Å². The zero-order chi connectivity index (χ0) is 27.7. The Morgan fingerprint density at radius 3 is 2.52 bits per heavy atom. The molecule has 6 rings (SSSR count). The molecule has 1 amide bonds. The number of hydrogen-bond donors (Lipinski definition) is 2. The van der Waals surface area contributed by atoms with Crippen molar-refractivity contribution in [2.24, 2.45) is 4.99 Å². The molecule has 1 atom stereocenters. The Kier molecular flexibility index (Phi) is 6.64. The summed E-state index contributed by atoms with van der Waals surface area (Å²) >= 11 is 0. The molecule has 2 aromatic heterocycles. The highest BCUT2D eigenvalue weighted by atomic mass is 19.4. The van der Waals surface area contributed by atoms with Crippen LogP contribution in [0, 0.1) is 0 Å². The lowest BCUT2D eigenvalue weighted by Crippen LogP contribution is -2.36. The highest BCUT2D eigenvalue weighted by Crippen LogP contribution is 2.36. The molecule has 10 nitrogen and oxygen atoms in total. The maximum atomic E-state index is 13.5. The molecule has 4 heterocycles. The van der Waals surface area contributed by atoms with Crippen molar-refractivity contribution >= 4 is 29.0 Å². The zero-order valence-electron chi connectivity index (χ0n) is 20.9. The molecule has 2 aliphatic rings. The first-order valence-electron chi connectivity index (χ1n) is 12.4. The first kappa shape index (κ1) is 25.5. The van der Waals surface area contributed by atoms with E-state index in [0.717, 1.165) is 23.4 Å². The minimum Gasteiger partial charge on any atom is -0.402 e. The van der Waals surface area contributed by atoms with Gasteiger partial charge in [-0.3, -0.25) is 4.79 Å². The summed E-state index contributed by atoms with van der Waals surface area (Å²) in [5.41, 5.74) is 2.09. The Morgan fingerprint density at radius 1 is 1.00 bits per heavy atom. The van der Waals surface area contributed by atoms with E-state index in [1.54, 1.807) is 11.0 Å². The van der Waals surface area contributed by atoms with Gasteiger partial charge in [-0.2, -0.15) is 13.2 Å². The van der Waals surface area contributed by atoms with Gasteiger partial charge >= 0.3 is 12.2 Å². The number of fused-ring (bicyclic) bond motifs is 1. The molecule has 4 aromatic rings. The number of hydrogen-bond acceptors (Lipinski definition) is 9. The number of nitrogens with zero attached hydrogens (tertiary/aromatic N) is 5. The van der Waals surface area contributed by atoms with Crippen molar-refractivity contribution in [2.45, 2.75) is 12.3 Å². The highest BCUT2D eigenvalue weighted by molar-refractivity contribution is 6.19. The van der Waals surface area contributed by atoms with Gasteiger partial charge in [0.2, 0.25) is 6.17 Å². The van der Waals surface area contributed by atoms with Gasteiger partial charge in [0, 0.05) is 30.4 Å². The largest absolute Gasteiger partial charge is 0.417 e. The quantitative estimate of drug-likeness (QED) is 0.380. The highest BCUT2D eigenvalue weighted by Gasteiger charge is 2.34. The van der Waals surface area contributed by atoms with Crippen LogP contribution in [0.5, 0.6) is 0 Å². The lowest BCUT2D eigenvalue weighted by Gasteiger charge is -2.30. The number of aliphatic imine (C=N–C) groups is 1. The monoisotopic (exact) mass is 549 g/mol. The van der Waals surface area contributed by atoms with Crippen molar-refractivity contribution in [1.82, 2.24) is 15.2 Å². The number of halogens is 3. The number of anilines is 3. The molecule has 13 heteroatoms. The van der Waals surface area contributed by atoms with Gasteiger partial charge in [0.05, 0.1) is 35.9 Å². The number of para-hydroxylation sites is 1. The normalized spacial score (nSPS) is 17.5. The summed E-state index contributed by atoms with van der Waals surface area (Å²) in [6.45, 7) is 1.45. The van der Waals surface area contributed by atoms with Crippen LogP contribution in [-0.4, -0.2) is 59.3 Å². The molecule has 0 saturated carbocycles. The molecule has 0 radical (unpaired) electrons. The lowest BCUT2D eigenvalue weighted by molar-refractivity contribution is -0.137. The van der Waals surface area contributed by atoms with E-state index in [1.807, 2.05) is 48.5 Å². The van der Waals surface area contributed by atoms with Crippen LogP contribution in [0.3, 0.4) is 0 Å². The molecule has 0 bridgehead atoms. The van der Waals surface area contributed by atoms with Crippen molar-refractivity contribution in [2.75, 3.05) is 41.8 Å². The van der Waals surface area contributed by atoms with Gasteiger partial charge in [-0.25, -0.2) is 9.98 Å². The van der Waals surface area contributed by atoms with Crippen molar-refractivity contribution in [3.05, 3.63) is 83.6 Å². The van der Waals surface area contributed by atoms with E-state index in [-0.39, 0.29) is 23.3 Å². The second kappa shape index (κ2) is 10.4. The summed E-state index contributed by atoms with van der Waals surface area (Å²) in [6, 6.07) is 17.6. The number of morpholine rings is 1. The Bertz CT molecular complexity index is 1570. The average molecular weight is 550 g/mol. The first-order valence-corrected chi connectivity index (χ1v) is 12.4. The molecule has 1 fully saturated rings. The number of carbonyl (C=O) groups excluding carboxylic acids is 1. The molecule has 2 N–H and O–H groups in total. The molecule has 204 valence electrons. The fraction of sp³-hybridized carbons (Fsp3) is 0.222. The maximum Gasteiger partial charge on any atom is 0.417 e. The number of rotatable bonds is 5. The van der Waals surface area contributed by atoms with E-state index in [0.29, 0.717) is 37.7 Å². The van der Waals surface area contributed by atoms with Crippen LogP contribution in [0.2, 0.25) is 0 Å². The number of pyridine rings is 1. The number of carbonyl (C=O) groups is 1. The number of nitrogens with one attached hydrogen (secondary N) is 2. The summed E-state index contributed by atoms with van der Waals surface area (Å²) in [7, 11) is 0. The summed E-state index contributed by atoms with van der Waals surface area (Å²) in [5.74, 6) is -0.568. The van der Waals surface area contributed by atoms with E-state index >= 15 is 0 Å². The summed E-state index contributed by atoms with van der Waals surface area (Å²) in [5, 5.41) is 13.7. The van der Waals surface area contributed by atoms with E-state index in [4.69, 9.17) is 9.15 Å². The number of alkyl halides is 3. The molecule has 1 saturated heterocycles. The Morgan fingerprint density at radius 2 is 1.75 bits per heavy atom. The van der Waals surface area contributed by atoms with Gasteiger partial charge < -0.3 is 24.7 Å². The van der Waals surface area contributed by atoms with Crippen LogP contribution in [-0.2, 0) is 15.7 Å². The smallest absolute Gasteiger partial charge is 0.402 e. The van der Waals surface area contributed by atoms with Gasteiger partial charge in [0.1, 0.15) is 0 Å². The fourth-order valence-corrected chi connectivity index (χ4v) is 4.49. The minimum absolute atomic E-state index is 0.0849. The minimum atomic E-state index is -4.58. The van der Waals surface area contributed by atoms with Crippen molar-refractivity contribution in [1.29, 1.82) is 0 Å². The van der Waals surface area contributed by atoms with Crippen LogP contribution in [0.15, 0.2) is 76.3 Å². The standard InChI is InChI=1S/C27H22F3N7O3/c28-27(29,30)17-14-20(37-10-12-39-13-11-37)22(31-15-17)25-35-36-26(40-25)34-23-24(38)32-19-9-5-4-8-18(19)21(33-23)16-6-2-1-3-7-16/h1-9,14-15,23H,10-13H2,(H,32,38)(H,34,36)/t23-/m1/s1. The number of amides is 1. The van der Waals surface area contributed by atoms with Crippen molar-refractivity contribution in [3.63, 3.8) is 0 Å². The van der Waals surface area contributed by atoms with Crippen LogP contribution < -0.4 is 15.5 Å². The van der Waals surface area contributed by atoms with Crippen molar-refractivity contribution < 1.29 is 27.1 Å². The second-order valence-electron chi connectivity index (χ2n) is 9.03. The van der Waals surface area contributed by atoms with E-state index in [1.165, 1.54) is 0 Å². The molecule has 0 spiro atoms. The van der Waals surface area contributed by atoms with Crippen molar-refractivity contribution in [3.8, 4) is 11.6 Å². The molecule has 40 heavy (non-hydrogen) atoms. The summed E-state index contributed by atoms with van der Waals surface area (Å²) in [6.07, 6.45) is -4.99. The number of benzene rings is 2. The third-order valence-corrected chi connectivity index (χ3v) is 6.43. The van der Waals surface area contributed by atoms with Gasteiger partial charge in [-0.15, -0.1) is 5.10 Å². The van der Waals surface area contributed by atoms with Crippen LogP contribution in [0.1, 0.15) is 16.7 Å². The molecule has 2 aromatic carbocycles. The first-order chi connectivity index (χ1) is 19.4. The summed E-state index contributed by atoms with van der Waals surface area (Å²) < 4.78 is 51.5. The van der Waals surface area contributed by atoms with Crippen LogP contribution >= 0.6 is 0 Å². The van der Waals surface area contributed by atoms with Gasteiger partial charge in [-0.1, -0.05) is 53.6 Å². The molecular formula is C27H22F3N7O3. The van der Waals surface area contributed by atoms with E-state index in [9.17, 15) is 18.0 Å². The topological polar surface area (TPSA) is 118 Å². The molecule has 0 unspecified atom stereocenters. The fourth-order valence-electron chi connectivity index (χ4n) is 4.49. The molecular weight excluding hydrogens is 527 g/mol. The Hall–Kier alpha value is -4.78. The Labute approximate surface area is 225 Å². The number of benzodiazepines with no additional fused rings is 1. The molecule has 2 aliphatic heterocycles. The van der Waals surface area contributed by atoms with Gasteiger partial charge in [-0.05, 0) is 12.1 Å². The zero-order valence-corrected chi connectivity index (χ0v) is 20.9. The number of aromatic nitrogens is 3. The molecule has 0 aliphatic carbocycles. The maximum absolute atomic E-state index is 13.5. The SMILES string of the molecule is O=C1Nc2ccccc2C(c2ccccc2)=N[C@@H]1Nc1nnc(-c2ncc(C(F)(F)F)cc2N2CCOCC2)o1. The third kappa shape index (κ3) is 5.10. The van der Waals surface area contributed by atoms with Gasteiger partial charge in [0.15, 0.2) is 5.69 Å². The van der Waals surface area contributed by atoms with Gasteiger partial charge in [0.25, 0.3) is 11.8 Å². The lowest BCUT2D eigenvalue weighted by atomic mass is 10.0. The van der Waals surface area contributed by atoms with E-state index in [2.05, 4.69) is 30.8 Å². The predicted molar refractivity (Wildman–Crippen MR) is 140 cm³/mol. The number of ether oxygens (including phenoxy) is 1. The average Bonchev–Trinajstić information content (AvgIpc) is 3.38.